The highest BCUT2D eigenvalue weighted by Crippen LogP contribution is 2.18. The van der Waals surface area contributed by atoms with E-state index in [2.05, 4.69) is 5.32 Å². The minimum absolute atomic E-state index is 0.0622. The predicted molar refractivity (Wildman–Crippen MR) is 74.9 cm³/mol. The Balaban J connectivity index is 2.05. The zero-order chi connectivity index (χ0) is 14.0. The largest absolute Gasteiger partial charge is 0.309 e. The van der Waals surface area contributed by atoms with E-state index in [0.29, 0.717) is 5.56 Å². The molecule has 0 spiro atoms. The van der Waals surface area contributed by atoms with E-state index >= 15 is 0 Å². The molecule has 0 fully saturated rings. The quantitative estimate of drug-likeness (QED) is 0.834. The third kappa shape index (κ3) is 3.22. The van der Waals surface area contributed by atoms with E-state index in [4.69, 9.17) is 0 Å². The van der Waals surface area contributed by atoms with Gasteiger partial charge in [0.25, 0.3) is 0 Å². The Bertz CT molecular complexity index is 591. The molecule has 1 N–H and O–H groups in total. The number of benzene rings is 1. The third-order valence-corrected chi connectivity index (χ3v) is 5.70. The molecular formula is C14H19NO3S. The maximum absolute atomic E-state index is 12.0. The molecule has 1 aliphatic rings. The van der Waals surface area contributed by atoms with Crippen LogP contribution in [0.4, 0.5) is 0 Å². The molecule has 1 heterocycles. The van der Waals surface area contributed by atoms with Gasteiger partial charge in [0.2, 0.25) is 0 Å². The summed E-state index contributed by atoms with van der Waals surface area (Å²) in [5.74, 6) is -0.169. The van der Waals surface area contributed by atoms with E-state index in [9.17, 15) is 13.2 Å². The molecule has 5 heteroatoms. The Morgan fingerprint density at radius 1 is 1.26 bits per heavy atom. The minimum Gasteiger partial charge on any atom is -0.309 e. The molecule has 2 rings (SSSR count). The Labute approximate surface area is 114 Å². The first-order chi connectivity index (χ1) is 8.90. The third-order valence-electron chi connectivity index (χ3n) is 3.49. The van der Waals surface area contributed by atoms with Crippen molar-refractivity contribution in [2.75, 3.05) is 5.75 Å². The monoisotopic (exact) mass is 281 g/mol. The van der Waals surface area contributed by atoms with Crippen LogP contribution < -0.4 is 5.32 Å². The standard InChI is InChI=1S/C14H19NO3S/c1-10(2)19(17,18)6-5-14(16)11-3-4-12-8-15-9-13(12)7-11/h3-4,7,10,15H,5-6,8-9H2,1-2H3. The molecule has 0 atom stereocenters. The molecule has 0 saturated carbocycles. The van der Waals surface area contributed by atoms with Gasteiger partial charge in [-0.1, -0.05) is 12.1 Å². The fourth-order valence-electron chi connectivity index (χ4n) is 2.08. The number of hydrogen-bond acceptors (Lipinski definition) is 4. The summed E-state index contributed by atoms with van der Waals surface area (Å²) in [7, 11) is -3.15. The summed E-state index contributed by atoms with van der Waals surface area (Å²) in [6, 6.07) is 5.61. The Hall–Kier alpha value is -1.20. The maximum atomic E-state index is 12.0. The van der Waals surface area contributed by atoms with Crippen LogP contribution in [0.25, 0.3) is 0 Å². The number of rotatable bonds is 5. The van der Waals surface area contributed by atoms with Gasteiger partial charge < -0.3 is 5.32 Å². The first-order valence-electron chi connectivity index (χ1n) is 6.47. The number of carbonyl (C=O) groups excluding carboxylic acids is 1. The van der Waals surface area contributed by atoms with Crippen molar-refractivity contribution in [2.45, 2.75) is 38.6 Å². The predicted octanol–water partition coefficient (Wildman–Crippen LogP) is 1.69. The van der Waals surface area contributed by atoms with Crippen molar-refractivity contribution >= 4 is 15.6 Å². The molecule has 0 aliphatic carbocycles. The summed E-state index contributed by atoms with van der Waals surface area (Å²) >= 11 is 0. The zero-order valence-corrected chi connectivity index (χ0v) is 12.1. The van der Waals surface area contributed by atoms with Crippen LogP contribution in [0.15, 0.2) is 18.2 Å². The van der Waals surface area contributed by atoms with E-state index in [-0.39, 0.29) is 18.0 Å². The van der Waals surface area contributed by atoms with Crippen LogP contribution in [-0.2, 0) is 22.9 Å². The van der Waals surface area contributed by atoms with Gasteiger partial charge in [0.15, 0.2) is 15.6 Å². The summed E-state index contributed by atoms with van der Waals surface area (Å²) in [4.78, 5) is 12.0. The van der Waals surface area contributed by atoms with E-state index in [1.165, 1.54) is 5.56 Å². The normalized spacial score (nSPS) is 14.7. The Kier molecular flexibility index (Phi) is 4.06. The molecule has 0 amide bonds. The SMILES string of the molecule is CC(C)S(=O)(=O)CCC(=O)c1ccc2c(c1)CNC2. The highest BCUT2D eigenvalue weighted by Gasteiger charge is 2.19. The van der Waals surface area contributed by atoms with Crippen molar-refractivity contribution in [1.29, 1.82) is 0 Å². The van der Waals surface area contributed by atoms with Crippen LogP contribution in [0.1, 0.15) is 41.8 Å². The molecular weight excluding hydrogens is 262 g/mol. The van der Waals surface area contributed by atoms with Crippen LogP contribution in [0.5, 0.6) is 0 Å². The van der Waals surface area contributed by atoms with Gasteiger partial charge in [0, 0.05) is 25.1 Å². The lowest BCUT2D eigenvalue weighted by molar-refractivity contribution is 0.0988. The van der Waals surface area contributed by atoms with Crippen LogP contribution in [0.2, 0.25) is 0 Å². The van der Waals surface area contributed by atoms with Crippen LogP contribution >= 0.6 is 0 Å². The first-order valence-corrected chi connectivity index (χ1v) is 8.19. The number of nitrogens with one attached hydrogen (secondary N) is 1. The smallest absolute Gasteiger partial charge is 0.163 e. The second kappa shape index (κ2) is 5.43. The van der Waals surface area contributed by atoms with Gasteiger partial charge in [0.05, 0.1) is 11.0 Å². The fraction of sp³-hybridized carbons (Fsp3) is 0.500. The number of carbonyl (C=O) groups is 1. The summed E-state index contributed by atoms with van der Waals surface area (Å²) in [6.45, 7) is 4.90. The molecule has 0 radical (unpaired) electrons. The lowest BCUT2D eigenvalue weighted by Gasteiger charge is -2.07. The minimum atomic E-state index is -3.15. The molecule has 1 aromatic carbocycles. The van der Waals surface area contributed by atoms with Gasteiger partial charge in [-0.25, -0.2) is 8.42 Å². The molecule has 1 aromatic rings. The average Bonchev–Trinajstić information content (AvgIpc) is 2.82. The maximum Gasteiger partial charge on any atom is 0.163 e. The van der Waals surface area contributed by atoms with E-state index in [0.717, 1.165) is 18.7 Å². The van der Waals surface area contributed by atoms with Gasteiger partial charge >= 0.3 is 0 Å². The number of ketones is 1. The van der Waals surface area contributed by atoms with Crippen molar-refractivity contribution in [2.24, 2.45) is 0 Å². The Morgan fingerprint density at radius 2 is 1.95 bits per heavy atom. The van der Waals surface area contributed by atoms with Crippen molar-refractivity contribution in [1.82, 2.24) is 5.32 Å². The highest BCUT2D eigenvalue weighted by atomic mass is 32.2. The summed E-state index contributed by atoms with van der Waals surface area (Å²) in [5.41, 5.74) is 2.96. The van der Waals surface area contributed by atoms with Crippen molar-refractivity contribution in [3.05, 3.63) is 34.9 Å². The Morgan fingerprint density at radius 3 is 2.63 bits per heavy atom. The van der Waals surface area contributed by atoms with Gasteiger partial charge in [-0.3, -0.25) is 4.79 Å². The van der Waals surface area contributed by atoms with Crippen LogP contribution in [0.3, 0.4) is 0 Å². The van der Waals surface area contributed by atoms with Crippen molar-refractivity contribution in [3.8, 4) is 0 Å². The lowest BCUT2D eigenvalue weighted by Crippen LogP contribution is -2.20. The number of Topliss-reactive ketones (excluding diaryl/α,β-unsaturated/α-hetero) is 1. The number of hydrogen-bond donors (Lipinski definition) is 1. The lowest BCUT2D eigenvalue weighted by atomic mass is 10.0. The molecule has 104 valence electrons. The van der Waals surface area contributed by atoms with Gasteiger partial charge in [-0.15, -0.1) is 0 Å². The van der Waals surface area contributed by atoms with E-state index in [1.807, 2.05) is 12.1 Å². The number of fused-ring (bicyclic) bond motifs is 1. The zero-order valence-electron chi connectivity index (χ0n) is 11.3. The highest BCUT2D eigenvalue weighted by molar-refractivity contribution is 7.91. The van der Waals surface area contributed by atoms with Crippen LogP contribution in [-0.4, -0.2) is 25.2 Å². The molecule has 1 aliphatic heterocycles. The molecule has 4 nitrogen and oxygen atoms in total. The van der Waals surface area contributed by atoms with Crippen LogP contribution in [0, 0.1) is 0 Å². The fourth-order valence-corrected chi connectivity index (χ4v) is 3.02. The summed E-state index contributed by atoms with van der Waals surface area (Å²) in [5, 5.41) is 2.79. The van der Waals surface area contributed by atoms with E-state index in [1.54, 1.807) is 19.9 Å². The average molecular weight is 281 g/mol. The summed E-state index contributed by atoms with van der Waals surface area (Å²) in [6.07, 6.45) is 0.0622. The summed E-state index contributed by atoms with van der Waals surface area (Å²) < 4.78 is 23.4. The first kappa shape index (κ1) is 14.2. The van der Waals surface area contributed by atoms with Crippen molar-refractivity contribution < 1.29 is 13.2 Å². The van der Waals surface area contributed by atoms with Gasteiger partial charge in [-0.05, 0) is 31.0 Å². The molecule has 0 saturated heterocycles. The second-order valence-corrected chi connectivity index (χ2v) is 7.85. The molecule has 0 bridgehead atoms. The molecule has 0 unspecified atom stereocenters. The van der Waals surface area contributed by atoms with Gasteiger partial charge in [0.1, 0.15) is 0 Å². The topological polar surface area (TPSA) is 63.2 Å². The molecule has 19 heavy (non-hydrogen) atoms. The molecule has 0 aromatic heterocycles. The van der Waals surface area contributed by atoms with Gasteiger partial charge in [-0.2, -0.15) is 0 Å². The van der Waals surface area contributed by atoms with E-state index < -0.39 is 15.1 Å². The van der Waals surface area contributed by atoms with Crippen molar-refractivity contribution in [3.63, 3.8) is 0 Å². The number of sulfone groups is 1. The second-order valence-electron chi connectivity index (χ2n) is 5.18.